The Balaban J connectivity index is 2.56. The number of rotatable bonds is 5. The molecule has 0 bridgehead atoms. The number of hydrogen-bond donors (Lipinski definition) is 2. The van der Waals surface area contributed by atoms with Crippen molar-refractivity contribution in [1.82, 2.24) is 4.98 Å². The lowest BCUT2D eigenvalue weighted by Gasteiger charge is -2.12. The summed E-state index contributed by atoms with van der Waals surface area (Å²) in [6, 6.07) is 4.93. The number of hydrogen-bond acceptors (Lipinski definition) is 4. The molecule has 6 nitrogen and oxygen atoms in total. The summed E-state index contributed by atoms with van der Waals surface area (Å²) in [7, 11) is 0. The van der Waals surface area contributed by atoms with Crippen molar-refractivity contribution in [2.24, 2.45) is 0 Å². The van der Waals surface area contributed by atoms with Crippen LogP contribution in [0.1, 0.15) is 12.5 Å². The molecule has 2 aromatic rings. The third-order valence-corrected chi connectivity index (χ3v) is 3.20. The van der Waals surface area contributed by atoms with Crippen molar-refractivity contribution < 1.29 is 9.53 Å². The predicted octanol–water partition coefficient (Wildman–Crippen LogP) is 2.53. The van der Waals surface area contributed by atoms with Gasteiger partial charge in [0.1, 0.15) is 17.4 Å². The summed E-state index contributed by atoms with van der Waals surface area (Å²) in [6.45, 7) is 2.21. The Bertz CT molecular complexity index is 865. The maximum atomic E-state index is 12.2. The van der Waals surface area contributed by atoms with E-state index >= 15 is 0 Å². The molecule has 0 unspecified atom stereocenters. The normalized spacial score (nSPS) is 10.7. The second kappa shape index (κ2) is 7.47. The zero-order valence-corrected chi connectivity index (χ0v) is 13.1. The number of nitrogens with zero attached hydrogens (tertiary/aromatic N) is 1. The smallest absolute Gasteiger partial charge is 0.248 e. The highest BCUT2D eigenvalue weighted by Crippen LogP contribution is 2.28. The summed E-state index contributed by atoms with van der Waals surface area (Å²) >= 11 is 5.49. The minimum atomic E-state index is -0.406. The van der Waals surface area contributed by atoms with E-state index in [4.69, 9.17) is 21.6 Å². The number of alkyl halides is 1. The molecule has 1 heterocycles. The van der Waals surface area contributed by atoms with Gasteiger partial charge in [-0.25, -0.2) is 0 Å². The summed E-state index contributed by atoms with van der Waals surface area (Å²) in [5.74, 6) is 0.251. The van der Waals surface area contributed by atoms with Crippen molar-refractivity contribution in [3.8, 4) is 11.8 Å². The van der Waals surface area contributed by atoms with Gasteiger partial charge in [-0.05, 0) is 13.0 Å². The number of benzene rings is 1. The standard InChI is InChI=1S/C16H14ClN3O3/c1-2-23-14-7-12-11(16(22)10(8-18)9-19-12)6-13(14)20-15(21)4-3-5-17/h3-4,6-7,9H,2,5H2,1H3,(H,19,22)(H,20,21)/b4-3+. The van der Waals surface area contributed by atoms with Gasteiger partial charge in [0.2, 0.25) is 11.3 Å². The van der Waals surface area contributed by atoms with Gasteiger partial charge in [-0.2, -0.15) is 5.26 Å². The Hall–Kier alpha value is -2.78. The lowest BCUT2D eigenvalue weighted by molar-refractivity contribution is -0.111. The Kier molecular flexibility index (Phi) is 5.39. The number of fused-ring (bicyclic) bond motifs is 1. The molecule has 1 amide bonds. The molecule has 0 saturated heterocycles. The summed E-state index contributed by atoms with van der Waals surface area (Å²) in [4.78, 5) is 26.9. The zero-order chi connectivity index (χ0) is 16.8. The minimum Gasteiger partial charge on any atom is -0.492 e. The monoisotopic (exact) mass is 331 g/mol. The third-order valence-electron chi connectivity index (χ3n) is 3.02. The number of halogens is 1. The van der Waals surface area contributed by atoms with Crippen LogP contribution in [0.5, 0.6) is 5.75 Å². The number of anilines is 1. The van der Waals surface area contributed by atoms with E-state index in [1.54, 1.807) is 6.07 Å². The first-order chi connectivity index (χ1) is 11.1. The molecule has 7 heteroatoms. The molecular formula is C16H14ClN3O3. The first-order valence-electron chi connectivity index (χ1n) is 6.86. The predicted molar refractivity (Wildman–Crippen MR) is 88.9 cm³/mol. The van der Waals surface area contributed by atoms with E-state index in [-0.39, 0.29) is 17.4 Å². The molecule has 1 aromatic heterocycles. The van der Waals surface area contributed by atoms with Gasteiger partial charge < -0.3 is 15.0 Å². The van der Waals surface area contributed by atoms with Crippen molar-refractivity contribution in [2.75, 3.05) is 17.8 Å². The Morgan fingerprint density at radius 3 is 2.96 bits per heavy atom. The molecular weight excluding hydrogens is 318 g/mol. The molecule has 0 spiro atoms. The fourth-order valence-corrected chi connectivity index (χ4v) is 2.12. The largest absolute Gasteiger partial charge is 0.492 e. The minimum absolute atomic E-state index is 0.000900. The molecule has 118 valence electrons. The van der Waals surface area contributed by atoms with E-state index in [2.05, 4.69) is 10.3 Å². The summed E-state index contributed by atoms with van der Waals surface area (Å²) in [6.07, 6.45) is 4.14. The lowest BCUT2D eigenvalue weighted by atomic mass is 10.1. The highest BCUT2D eigenvalue weighted by Gasteiger charge is 2.12. The van der Waals surface area contributed by atoms with Crippen LogP contribution in [0.25, 0.3) is 10.9 Å². The van der Waals surface area contributed by atoms with Crippen LogP contribution in [0.4, 0.5) is 5.69 Å². The summed E-state index contributed by atoms with van der Waals surface area (Å²) < 4.78 is 5.49. The number of nitriles is 1. The number of aromatic amines is 1. The SMILES string of the molecule is CCOc1cc2[nH]cc(C#N)c(=O)c2cc1NC(=O)/C=C/CCl. The number of carbonyl (C=O) groups is 1. The van der Waals surface area contributed by atoms with E-state index in [1.165, 1.54) is 24.4 Å². The molecule has 0 aliphatic heterocycles. The molecule has 2 N–H and O–H groups in total. The fourth-order valence-electron chi connectivity index (χ4n) is 2.03. The topological polar surface area (TPSA) is 95.0 Å². The van der Waals surface area contributed by atoms with E-state index in [9.17, 15) is 9.59 Å². The van der Waals surface area contributed by atoms with Gasteiger partial charge in [0, 0.05) is 29.6 Å². The first-order valence-corrected chi connectivity index (χ1v) is 7.40. The van der Waals surface area contributed by atoms with Gasteiger partial charge in [0.15, 0.2) is 0 Å². The molecule has 23 heavy (non-hydrogen) atoms. The zero-order valence-electron chi connectivity index (χ0n) is 12.4. The highest BCUT2D eigenvalue weighted by atomic mass is 35.5. The molecule has 0 saturated carbocycles. The van der Waals surface area contributed by atoms with Crippen LogP contribution >= 0.6 is 11.6 Å². The van der Waals surface area contributed by atoms with Crippen molar-refractivity contribution in [2.45, 2.75) is 6.92 Å². The van der Waals surface area contributed by atoms with Gasteiger partial charge in [-0.3, -0.25) is 9.59 Å². The molecule has 0 fully saturated rings. The van der Waals surface area contributed by atoms with Crippen LogP contribution < -0.4 is 15.5 Å². The molecule has 0 aliphatic rings. The van der Waals surface area contributed by atoms with Crippen molar-refractivity contribution >= 4 is 34.1 Å². The molecule has 0 atom stereocenters. The quantitative estimate of drug-likeness (QED) is 0.650. The fraction of sp³-hybridized carbons (Fsp3) is 0.188. The van der Waals surface area contributed by atoms with Crippen molar-refractivity contribution in [1.29, 1.82) is 5.26 Å². The second-order valence-electron chi connectivity index (χ2n) is 4.52. The molecule has 2 rings (SSSR count). The van der Waals surface area contributed by atoms with Crippen LogP contribution in [-0.4, -0.2) is 23.4 Å². The van der Waals surface area contributed by atoms with Crippen LogP contribution in [0, 0.1) is 11.3 Å². The summed E-state index contributed by atoms with van der Waals surface area (Å²) in [5, 5.41) is 11.9. The highest BCUT2D eigenvalue weighted by molar-refractivity contribution is 6.19. The first kappa shape index (κ1) is 16.6. The Morgan fingerprint density at radius 1 is 1.52 bits per heavy atom. The van der Waals surface area contributed by atoms with E-state index in [0.29, 0.717) is 28.9 Å². The van der Waals surface area contributed by atoms with Crippen LogP contribution in [0.15, 0.2) is 35.3 Å². The van der Waals surface area contributed by atoms with Gasteiger partial charge >= 0.3 is 0 Å². The average molecular weight is 332 g/mol. The molecule has 1 aromatic carbocycles. The molecule has 0 radical (unpaired) electrons. The van der Waals surface area contributed by atoms with Crippen LogP contribution in [0.3, 0.4) is 0 Å². The number of carbonyl (C=O) groups excluding carboxylic acids is 1. The van der Waals surface area contributed by atoms with Gasteiger partial charge in [-0.15, -0.1) is 11.6 Å². The number of ether oxygens (including phenoxy) is 1. The Morgan fingerprint density at radius 2 is 2.30 bits per heavy atom. The lowest BCUT2D eigenvalue weighted by Crippen LogP contribution is -2.12. The average Bonchev–Trinajstić information content (AvgIpc) is 2.54. The number of aromatic nitrogens is 1. The maximum absolute atomic E-state index is 12.2. The van der Waals surface area contributed by atoms with E-state index < -0.39 is 5.43 Å². The van der Waals surface area contributed by atoms with Gasteiger partial charge in [0.25, 0.3) is 0 Å². The second-order valence-corrected chi connectivity index (χ2v) is 4.82. The van der Waals surface area contributed by atoms with Gasteiger partial charge in [-0.1, -0.05) is 6.08 Å². The van der Waals surface area contributed by atoms with Crippen molar-refractivity contribution in [3.63, 3.8) is 0 Å². The maximum Gasteiger partial charge on any atom is 0.248 e. The number of amides is 1. The van der Waals surface area contributed by atoms with Crippen LogP contribution in [0.2, 0.25) is 0 Å². The number of nitrogens with one attached hydrogen (secondary N) is 2. The molecule has 0 aliphatic carbocycles. The van der Waals surface area contributed by atoms with Gasteiger partial charge in [0.05, 0.1) is 17.8 Å². The van der Waals surface area contributed by atoms with E-state index in [1.807, 2.05) is 13.0 Å². The third kappa shape index (κ3) is 3.71. The van der Waals surface area contributed by atoms with Crippen LogP contribution in [-0.2, 0) is 4.79 Å². The summed E-state index contributed by atoms with van der Waals surface area (Å²) in [5.41, 5.74) is 0.466. The van der Waals surface area contributed by atoms with E-state index in [0.717, 1.165) is 0 Å². The number of H-pyrrole nitrogens is 1. The Labute approximate surface area is 137 Å². The van der Waals surface area contributed by atoms with Crippen molar-refractivity contribution in [3.05, 3.63) is 46.3 Å². The number of pyridine rings is 1. The number of allylic oxidation sites excluding steroid dienone is 1.